The highest BCUT2D eigenvalue weighted by molar-refractivity contribution is 7.26. The van der Waals surface area contributed by atoms with Crippen molar-refractivity contribution in [1.29, 1.82) is 0 Å². The molecule has 0 amide bonds. The molecule has 2 aromatic heterocycles. The molecule has 2 heterocycles. The summed E-state index contributed by atoms with van der Waals surface area (Å²) in [4.78, 5) is 4.72. The van der Waals surface area contributed by atoms with E-state index in [0.29, 0.717) is 0 Å². The fraction of sp³-hybridized carbons (Fsp3) is 0. The first-order valence-electron chi connectivity index (χ1n) is 11.1. The minimum atomic E-state index is 1.06. The number of hydrogen-bond acceptors (Lipinski definition) is 2. The van der Waals surface area contributed by atoms with E-state index in [2.05, 4.69) is 103 Å². The number of benzene rings is 5. The van der Waals surface area contributed by atoms with Gasteiger partial charge in [-0.3, -0.25) is 4.98 Å². The van der Waals surface area contributed by atoms with Crippen molar-refractivity contribution >= 4 is 53.2 Å². The lowest BCUT2D eigenvalue weighted by Gasteiger charge is -2.11. The molecule has 0 atom stereocenters. The summed E-state index contributed by atoms with van der Waals surface area (Å²) >= 11 is 1.88. The van der Waals surface area contributed by atoms with Gasteiger partial charge >= 0.3 is 0 Å². The Morgan fingerprint density at radius 1 is 0.515 bits per heavy atom. The molecule has 0 radical (unpaired) electrons. The number of fused-ring (bicyclic) bond motifs is 6. The Morgan fingerprint density at radius 2 is 1.21 bits per heavy atom. The molecule has 0 fully saturated rings. The van der Waals surface area contributed by atoms with Crippen molar-refractivity contribution in [3.05, 3.63) is 115 Å². The molecule has 0 spiro atoms. The molecule has 0 bridgehead atoms. The van der Waals surface area contributed by atoms with Gasteiger partial charge in [0.15, 0.2) is 0 Å². The van der Waals surface area contributed by atoms with Gasteiger partial charge in [-0.2, -0.15) is 0 Å². The van der Waals surface area contributed by atoms with Crippen molar-refractivity contribution < 1.29 is 0 Å². The van der Waals surface area contributed by atoms with E-state index in [4.69, 9.17) is 4.98 Å². The molecule has 0 aliphatic carbocycles. The third-order valence-corrected chi connectivity index (χ3v) is 7.75. The molecule has 2 heteroatoms. The van der Waals surface area contributed by atoms with Crippen LogP contribution in [0.2, 0.25) is 0 Å². The first-order chi connectivity index (χ1) is 16.4. The fourth-order valence-corrected chi connectivity index (χ4v) is 6.20. The molecule has 0 unspecified atom stereocenters. The second-order valence-electron chi connectivity index (χ2n) is 8.40. The van der Waals surface area contributed by atoms with Crippen LogP contribution in [0.3, 0.4) is 0 Å². The summed E-state index contributed by atoms with van der Waals surface area (Å²) in [5.74, 6) is 0. The van der Waals surface area contributed by atoms with Crippen LogP contribution in [0.25, 0.3) is 64.1 Å². The van der Waals surface area contributed by atoms with Crippen LogP contribution in [0.1, 0.15) is 0 Å². The van der Waals surface area contributed by atoms with E-state index in [1.54, 1.807) is 0 Å². The SMILES string of the molecule is c1cnc2c(c1)ccc1cccc(-c3ccc(-c4cccc5c4sc4ccccc45)cc3)c12. The zero-order chi connectivity index (χ0) is 21.8. The van der Waals surface area contributed by atoms with E-state index in [-0.39, 0.29) is 0 Å². The van der Waals surface area contributed by atoms with E-state index in [0.717, 1.165) is 5.52 Å². The van der Waals surface area contributed by atoms with Crippen LogP contribution in [0.4, 0.5) is 0 Å². The lowest BCUT2D eigenvalue weighted by molar-refractivity contribution is 1.43. The quantitative estimate of drug-likeness (QED) is 0.246. The highest BCUT2D eigenvalue weighted by Crippen LogP contribution is 2.40. The predicted molar refractivity (Wildman–Crippen MR) is 143 cm³/mol. The summed E-state index contributed by atoms with van der Waals surface area (Å²) in [6, 6.07) is 39.3. The van der Waals surface area contributed by atoms with Crippen LogP contribution in [0.5, 0.6) is 0 Å². The van der Waals surface area contributed by atoms with E-state index < -0.39 is 0 Å². The molecule has 33 heavy (non-hydrogen) atoms. The van der Waals surface area contributed by atoms with Crippen molar-refractivity contribution in [3.63, 3.8) is 0 Å². The number of aromatic nitrogens is 1. The predicted octanol–water partition coefficient (Wildman–Crippen LogP) is 9.09. The summed E-state index contributed by atoms with van der Waals surface area (Å²) in [6.45, 7) is 0. The topological polar surface area (TPSA) is 12.9 Å². The molecule has 154 valence electrons. The van der Waals surface area contributed by atoms with Crippen LogP contribution in [-0.4, -0.2) is 4.98 Å². The van der Waals surface area contributed by atoms with Crippen LogP contribution in [0, 0.1) is 0 Å². The fourth-order valence-electron chi connectivity index (χ4n) is 4.96. The number of pyridine rings is 1. The van der Waals surface area contributed by atoms with Crippen LogP contribution in [0.15, 0.2) is 115 Å². The van der Waals surface area contributed by atoms with Gasteiger partial charge in [0.05, 0.1) is 5.52 Å². The Bertz CT molecular complexity index is 1810. The van der Waals surface area contributed by atoms with Crippen LogP contribution < -0.4 is 0 Å². The monoisotopic (exact) mass is 437 g/mol. The normalized spacial score (nSPS) is 11.6. The zero-order valence-corrected chi connectivity index (χ0v) is 18.6. The Morgan fingerprint density at radius 3 is 2.12 bits per heavy atom. The highest BCUT2D eigenvalue weighted by Gasteiger charge is 2.12. The first kappa shape index (κ1) is 18.6. The standard InChI is InChI=1S/C31H19NS/c1-2-12-28-26(8-1)27-11-4-10-25(31(27)33-28)21-15-13-20(14-16-21)24-9-3-6-22-17-18-23-7-5-19-32-30(23)29(22)24/h1-19H. The second-order valence-corrected chi connectivity index (χ2v) is 9.45. The first-order valence-corrected chi connectivity index (χ1v) is 12.0. The van der Waals surface area contributed by atoms with Crippen LogP contribution >= 0.6 is 11.3 Å². The van der Waals surface area contributed by atoms with Gasteiger partial charge < -0.3 is 0 Å². The molecular formula is C31H19NS. The largest absolute Gasteiger partial charge is 0.256 e. The summed E-state index contributed by atoms with van der Waals surface area (Å²) in [5.41, 5.74) is 6.04. The maximum absolute atomic E-state index is 4.72. The molecule has 0 aliphatic rings. The third-order valence-electron chi connectivity index (χ3n) is 6.53. The number of thiophene rings is 1. The Hall–Kier alpha value is -4.01. The molecule has 1 nitrogen and oxygen atoms in total. The molecule has 7 rings (SSSR count). The van der Waals surface area contributed by atoms with Crippen molar-refractivity contribution in [2.45, 2.75) is 0 Å². The van der Waals surface area contributed by atoms with Crippen LogP contribution in [-0.2, 0) is 0 Å². The van der Waals surface area contributed by atoms with Gasteiger partial charge in [0.1, 0.15) is 0 Å². The maximum atomic E-state index is 4.72. The average Bonchev–Trinajstić information content (AvgIpc) is 3.27. The molecule has 0 N–H and O–H groups in total. The summed E-state index contributed by atoms with van der Waals surface area (Å²) in [7, 11) is 0. The lowest BCUT2D eigenvalue weighted by Crippen LogP contribution is -1.86. The average molecular weight is 438 g/mol. The minimum Gasteiger partial charge on any atom is -0.256 e. The van der Waals surface area contributed by atoms with Crippen molar-refractivity contribution in [1.82, 2.24) is 4.98 Å². The van der Waals surface area contributed by atoms with Gasteiger partial charge in [0.25, 0.3) is 0 Å². The molecular weight excluding hydrogens is 418 g/mol. The molecule has 7 aromatic rings. The maximum Gasteiger partial charge on any atom is 0.0786 e. The van der Waals surface area contributed by atoms with Gasteiger partial charge in [0, 0.05) is 37.1 Å². The third kappa shape index (κ3) is 2.88. The van der Waals surface area contributed by atoms with Gasteiger partial charge in [-0.15, -0.1) is 11.3 Å². The van der Waals surface area contributed by atoms with Gasteiger partial charge in [-0.1, -0.05) is 97.1 Å². The van der Waals surface area contributed by atoms with Gasteiger partial charge in [0.2, 0.25) is 0 Å². The van der Waals surface area contributed by atoms with E-state index >= 15 is 0 Å². The molecule has 0 aliphatic heterocycles. The van der Waals surface area contributed by atoms with Gasteiger partial charge in [-0.05, 0) is 39.8 Å². The Labute approximate surface area is 195 Å². The Kier molecular flexibility index (Phi) is 4.08. The van der Waals surface area contributed by atoms with Crippen molar-refractivity contribution in [2.24, 2.45) is 0 Å². The van der Waals surface area contributed by atoms with E-state index in [9.17, 15) is 0 Å². The summed E-state index contributed by atoms with van der Waals surface area (Å²) < 4.78 is 2.69. The summed E-state index contributed by atoms with van der Waals surface area (Å²) in [6.07, 6.45) is 1.88. The smallest absolute Gasteiger partial charge is 0.0786 e. The van der Waals surface area contributed by atoms with E-state index in [1.165, 1.54) is 58.6 Å². The Balaban J connectivity index is 1.40. The zero-order valence-electron chi connectivity index (χ0n) is 17.8. The second kappa shape index (κ2) is 7.26. The van der Waals surface area contributed by atoms with Gasteiger partial charge in [-0.25, -0.2) is 0 Å². The highest BCUT2D eigenvalue weighted by atomic mass is 32.1. The van der Waals surface area contributed by atoms with E-state index in [1.807, 2.05) is 23.6 Å². The minimum absolute atomic E-state index is 1.06. The molecule has 0 saturated carbocycles. The number of nitrogens with zero attached hydrogens (tertiary/aromatic N) is 1. The van der Waals surface area contributed by atoms with Crippen molar-refractivity contribution in [2.75, 3.05) is 0 Å². The number of hydrogen-bond donors (Lipinski definition) is 0. The lowest BCUT2D eigenvalue weighted by atomic mass is 9.94. The van der Waals surface area contributed by atoms with Crippen molar-refractivity contribution in [3.8, 4) is 22.3 Å². The number of rotatable bonds is 2. The molecule has 5 aromatic carbocycles. The molecule has 0 saturated heterocycles. The summed E-state index contributed by atoms with van der Waals surface area (Å²) in [5, 5.41) is 6.29.